The first-order valence-corrected chi connectivity index (χ1v) is 10.4. The van der Waals surface area contributed by atoms with E-state index in [0.29, 0.717) is 18.7 Å². The number of urea groups is 1. The van der Waals surface area contributed by atoms with Crippen molar-refractivity contribution >= 4 is 34.7 Å². The fraction of sp³-hybridized carbons (Fsp3) is 0.200. The van der Waals surface area contributed by atoms with Gasteiger partial charge in [0.25, 0.3) is 0 Å². The minimum Gasteiger partial charge on any atom is -0.356 e. The van der Waals surface area contributed by atoms with Crippen LogP contribution in [0.25, 0.3) is 0 Å². The van der Waals surface area contributed by atoms with Crippen LogP contribution in [0.15, 0.2) is 72.8 Å². The van der Waals surface area contributed by atoms with E-state index in [1.54, 1.807) is 4.90 Å². The number of nitrogens with one attached hydrogen (secondary N) is 3. The van der Waals surface area contributed by atoms with E-state index in [0.717, 1.165) is 22.6 Å². The van der Waals surface area contributed by atoms with E-state index in [1.807, 2.05) is 86.6 Å². The Hall–Kier alpha value is -3.80. The highest BCUT2D eigenvalue weighted by atomic mass is 16.2. The maximum atomic E-state index is 12.5. The van der Waals surface area contributed by atoms with Crippen molar-refractivity contribution in [3.8, 4) is 0 Å². The van der Waals surface area contributed by atoms with Crippen LogP contribution in [0.2, 0.25) is 0 Å². The third kappa shape index (κ3) is 5.04. The van der Waals surface area contributed by atoms with Crippen molar-refractivity contribution in [1.29, 1.82) is 0 Å². The molecule has 31 heavy (non-hydrogen) atoms. The molecule has 0 spiro atoms. The number of aryl methyl sites for hydroxylation is 2. The summed E-state index contributed by atoms with van der Waals surface area (Å²) in [6.45, 7) is 4.54. The lowest BCUT2D eigenvalue weighted by atomic mass is 10.1. The van der Waals surface area contributed by atoms with Crippen LogP contribution >= 0.6 is 0 Å². The van der Waals surface area contributed by atoms with Crippen molar-refractivity contribution < 1.29 is 9.59 Å². The van der Waals surface area contributed by atoms with Gasteiger partial charge in [-0.2, -0.15) is 0 Å². The van der Waals surface area contributed by atoms with Gasteiger partial charge < -0.3 is 20.9 Å². The molecular formula is C25H26N4O2. The quantitative estimate of drug-likeness (QED) is 0.552. The number of carbonyl (C=O) groups excluding carboxylic acids is 2. The van der Waals surface area contributed by atoms with Gasteiger partial charge >= 0.3 is 6.03 Å². The molecule has 0 aromatic heterocycles. The molecular weight excluding hydrogens is 388 g/mol. The number of para-hydroxylation sites is 1. The molecule has 6 heteroatoms. The molecule has 6 nitrogen and oxygen atoms in total. The lowest BCUT2D eigenvalue weighted by Crippen LogP contribution is -2.39. The smallest absolute Gasteiger partial charge is 0.319 e. The highest BCUT2D eigenvalue weighted by Crippen LogP contribution is 2.24. The Kier molecular flexibility index (Phi) is 5.89. The lowest BCUT2D eigenvalue weighted by Gasteiger charge is -2.18. The van der Waals surface area contributed by atoms with Crippen molar-refractivity contribution in [2.45, 2.75) is 26.3 Å². The molecule has 1 saturated heterocycles. The van der Waals surface area contributed by atoms with E-state index in [1.165, 1.54) is 5.56 Å². The Balaban J connectivity index is 1.31. The number of amides is 3. The average Bonchev–Trinajstić information content (AvgIpc) is 3.12. The molecule has 3 aromatic carbocycles. The Morgan fingerprint density at radius 2 is 1.55 bits per heavy atom. The van der Waals surface area contributed by atoms with E-state index >= 15 is 0 Å². The molecule has 0 aliphatic carbocycles. The Bertz CT molecular complexity index is 1080. The standard InChI is InChI=1S/C25H26N4O2/c1-17-8-13-23(14-18(17)2)29-16-22(15-24(29)30)28-25(31)27-21-11-9-20(10-12-21)26-19-6-4-3-5-7-19/h3-14,22,26H,15-16H2,1-2H3,(H2,27,28,31). The van der Waals surface area contributed by atoms with Gasteiger partial charge in [0.15, 0.2) is 0 Å². The monoisotopic (exact) mass is 414 g/mol. The molecule has 0 saturated carbocycles. The largest absolute Gasteiger partial charge is 0.356 e. The van der Waals surface area contributed by atoms with Gasteiger partial charge in [-0.1, -0.05) is 24.3 Å². The van der Waals surface area contributed by atoms with Crippen LogP contribution in [0.1, 0.15) is 17.5 Å². The molecule has 3 aromatic rings. The van der Waals surface area contributed by atoms with Crippen molar-refractivity contribution in [3.63, 3.8) is 0 Å². The summed E-state index contributed by atoms with van der Waals surface area (Å²) in [6.07, 6.45) is 0.292. The zero-order valence-corrected chi connectivity index (χ0v) is 17.7. The summed E-state index contributed by atoms with van der Waals surface area (Å²) in [5.41, 5.74) is 5.83. The SMILES string of the molecule is Cc1ccc(N2CC(NC(=O)Nc3ccc(Nc4ccccc4)cc3)CC2=O)cc1C. The second-order valence-electron chi connectivity index (χ2n) is 7.84. The molecule has 0 radical (unpaired) electrons. The normalized spacial score (nSPS) is 15.6. The van der Waals surface area contributed by atoms with E-state index in [9.17, 15) is 9.59 Å². The zero-order valence-electron chi connectivity index (χ0n) is 17.7. The van der Waals surface area contributed by atoms with Crippen LogP contribution < -0.4 is 20.9 Å². The molecule has 1 atom stereocenters. The molecule has 1 unspecified atom stereocenters. The Labute approximate surface area is 182 Å². The third-order valence-electron chi connectivity index (χ3n) is 5.47. The summed E-state index contributed by atoms with van der Waals surface area (Å²) < 4.78 is 0. The highest BCUT2D eigenvalue weighted by molar-refractivity contribution is 5.97. The lowest BCUT2D eigenvalue weighted by molar-refractivity contribution is -0.117. The molecule has 3 amide bonds. The van der Waals surface area contributed by atoms with Crippen molar-refractivity contribution in [2.24, 2.45) is 0 Å². The molecule has 1 fully saturated rings. The zero-order chi connectivity index (χ0) is 21.8. The number of anilines is 4. The number of nitrogens with zero attached hydrogens (tertiary/aromatic N) is 1. The number of hydrogen-bond acceptors (Lipinski definition) is 3. The molecule has 4 rings (SSSR count). The van der Waals surface area contributed by atoms with Gasteiger partial charge in [-0.25, -0.2) is 4.79 Å². The van der Waals surface area contributed by atoms with Crippen molar-refractivity contribution in [3.05, 3.63) is 83.9 Å². The molecule has 1 aliphatic heterocycles. The first-order chi connectivity index (χ1) is 15.0. The second kappa shape index (κ2) is 8.92. The maximum Gasteiger partial charge on any atom is 0.319 e. The van der Waals surface area contributed by atoms with E-state index in [-0.39, 0.29) is 18.0 Å². The highest BCUT2D eigenvalue weighted by Gasteiger charge is 2.31. The van der Waals surface area contributed by atoms with Gasteiger partial charge in [0.2, 0.25) is 5.91 Å². The molecule has 1 aliphatic rings. The fourth-order valence-corrected chi connectivity index (χ4v) is 3.62. The van der Waals surface area contributed by atoms with Gasteiger partial charge in [-0.15, -0.1) is 0 Å². The summed E-state index contributed by atoms with van der Waals surface area (Å²) in [7, 11) is 0. The average molecular weight is 415 g/mol. The minimum atomic E-state index is -0.316. The number of carbonyl (C=O) groups is 2. The second-order valence-corrected chi connectivity index (χ2v) is 7.84. The molecule has 158 valence electrons. The Morgan fingerprint density at radius 1 is 0.871 bits per heavy atom. The fourth-order valence-electron chi connectivity index (χ4n) is 3.62. The van der Waals surface area contributed by atoms with Gasteiger partial charge in [-0.3, -0.25) is 4.79 Å². The first-order valence-electron chi connectivity index (χ1n) is 10.4. The van der Waals surface area contributed by atoms with Crippen LogP contribution in [-0.2, 0) is 4.79 Å². The van der Waals surface area contributed by atoms with Gasteiger partial charge in [0.05, 0.1) is 6.04 Å². The minimum absolute atomic E-state index is 0.0184. The third-order valence-corrected chi connectivity index (χ3v) is 5.47. The van der Waals surface area contributed by atoms with Crippen molar-refractivity contribution in [1.82, 2.24) is 5.32 Å². The summed E-state index contributed by atoms with van der Waals surface area (Å²) in [4.78, 5) is 26.6. The van der Waals surface area contributed by atoms with E-state index in [2.05, 4.69) is 16.0 Å². The van der Waals surface area contributed by atoms with Crippen molar-refractivity contribution in [2.75, 3.05) is 22.1 Å². The van der Waals surface area contributed by atoms with Crippen LogP contribution in [0.4, 0.5) is 27.5 Å². The van der Waals surface area contributed by atoms with Crippen LogP contribution in [0.3, 0.4) is 0 Å². The summed E-state index contributed by atoms with van der Waals surface area (Å²) in [5.74, 6) is 0.0184. The predicted molar refractivity (Wildman–Crippen MR) is 125 cm³/mol. The van der Waals surface area contributed by atoms with Gasteiger partial charge in [0.1, 0.15) is 0 Å². The summed E-state index contributed by atoms with van der Waals surface area (Å²) in [6, 6.07) is 22.8. The Morgan fingerprint density at radius 3 is 2.26 bits per heavy atom. The predicted octanol–water partition coefficient (Wildman–Crippen LogP) is 4.97. The summed E-state index contributed by atoms with van der Waals surface area (Å²) >= 11 is 0. The molecule has 1 heterocycles. The maximum absolute atomic E-state index is 12.5. The van der Waals surface area contributed by atoms with Gasteiger partial charge in [0, 0.05) is 35.7 Å². The van der Waals surface area contributed by atoms with E-state index in [4.69, 9.17) is 0 Å². The van der Waals surface area contributed by atoms with Crippen LogP contribution in [0.5, 0.6) is 0 Å². The first kappa shape index (κ1) is 20.5. The number of benzene rings is 3. The summed E-state index contributed by atoms with van der Waals surface area (Å²) in [5, 5.41) is 9.05. The van der Waals surface area contributed by atoms with Crippen LogP contribution in [-0.4, -0.2) is 24.5 Å². The molecule has 0 bridgehead atoms. The number of rotatable bonds is 5. The topological polar surface area (TPSA) is 73.5 Å². The number of hydrogen-bond donors (Lipinski definition) is 3. The molecule has 3 N–H and O–H groups in total. The van der Waals surface area contributed by atoms with Crippen LogP contribution in [0, 0.1) is 13.8 Å². The van der Waals surface area contributed by atoms with Gasteiger partial charge in [-0.05, 0) is 73.5 Å². The van der Waals surface area contributed by atoms with E-state index < -0.39 is 0 Å².